The van der Waals surface area contributed by atoms with Crippen molar-refractivity contribution in [2.75, 3.05) is 7.05 Å². The monoisotopic (exact) mass is 242 g/mol. The van der Waals surface area contributed by atoms with Crippen molar-refractivity contribution in [2.24, 2.45) is 5.92 Å². The van der Waals surface area contributed by atoms with E-state index in [1.807, 2.05) is 0 Å². The fourth-order valence-electron chi connectivity index (χ4n) is 1.70. The van der Waals surface area contributed by atoms with Crippen LogP contribution in [0, 0.1) is 5.92 Å². The number of hydrogen-bond donors (Lipinski definition) is 2. The standard InChI is InChI=1S/C10H14N2O5/c1-5-3-8(14)12(9(5)15)6(10(16)17)4-7(13)11-2/h5-6H,3-4H2,1-2H3,(H,11,13)(H,16,17). The number of carbonyl (C=O) groups excluding carboxylic acids is 3. The Morgan fingerprint density at radius 3 is 2.47 bits per heavy atom. The van der Waals surface area contributed by atoms with Crippen LogP contribution in [0.3, 0.4) is 0 Å². The van der Waals surface area contributed by atoms with Crippen molar-refractivity contribution in [3.05, 3.63) is 0 Å². The van der Waals surface area contributed by atoms with Crippen LogP contribution in [-0.2, 0) is 19.2 Å². The molecule has 2 atom stereocenters. The summed E-state index contributed by atoms with van der Waals surface area (Å²) >= 11 is 0. The van der Waals surface area contributed by atoms with Crippen LogP contribution in [0.15, 0.2) is 0 Å². The first-order valence-corrected chi connectivity index (χ1v) is 5.17. The number of likely N-dealkylation sites (tertiary alicyclic amines) is 1. The molecule has 0 aliphatic carbocycles. The quantitative estimate of drug-likeness (QED) is 0.613. The van der Waals surface area contributed by atoms with Gasteiger partial charge in [0.2, 0.25) is 17.7 Å². The van der Waals surface area contributed by atoms with E-state index in [4.69, 9.17) is 5.11 Å². The van der Waals surface area contributed by atoms with Gasteiger partial charge in [-0.2, -0.15) is 0 Å². The van der Waals surface area contributed by atoms with E-state index in [2.05, 4.69) is 5.32 Å². The number of carboxylic acids is 1. The second-order valence-corrected chi connectivity index (χ2v) is 3.94. The Kier molecular flexibility index (Phi) is 3.82. The molecule has 1 rings (SSSR count). The fourth-order valence-corrected chi connectivity index (χ4v) is 1.70. The summed E-state index contributed by atoms with van der Waals surface area (Å²) in [5.41, 5.74) is 0. The normalized spacial score (nSPS) is 21.5. The molecule has 0 aromatic carbocycles. The van der Waals surface area contributed by atoms with Gasteiger partial charge in [-0.15, -0.1) is 0 Å². The first kappa shape index (κ1) is 13.1. The first-order valence-electron chi connectivity index (χ1n) is 5.17. The molecule has 0 bridgehead atoms. The average Bonchev–Trinajstić information content (AvgIpc) is 2.50. The molecule has 0 saturated carbocycles. The predicted molar refractivity (Wildman–Crippen MR) is 55.7 cm³/mol. The molecule has 1 heterocycles. The topological polar surface area (TPSA) is 104 Å². The van der Waals surface area contributed by atoms with Gasteiger partial charge in [0.25, 0.3) is 0 Å². The summed E-state index contributed by atoms with van der Waals surface area (Å²) in [7, 11) is 1.36. The van der Waals surface area contributed by atoms with Crippen molar-refractivity contribution < 1.29 is 24.3 Å². The third kappa shape index (κ3) is 2.61. The maximum Gasteiger partial charge on any atom is 0.327 e. The van der Waals surface area contributed by atoms with Crippen molar-refractivity contribution in [3.63, 3.8) is 0 Å². The highest BCUT2D eigenvalue weighted by Gasteiger charge is 2.43. The van der Waals surface area contributed by atoms with Crippen LogP contribution in [-0.4, -0.2) is 46.8 Å². The molecule has 0 radical (unpaired) electrons. The number of hydrogen-bond acceptors (Lipinski definition) is 4. The molecule has 3 amide bonds. The molecule has 0 aromatic heterocycles. The van der Waals surface area contributed by atoms with Gasteiger partial charge in [-0.3, -0.25) is 19.3 Å². The molecule has 94 valence electrons. The zero-order valence-corrected chi connectivity index (χ0v) is 9.60. The summed E-state index contributed by atoms with van der Waals surface area (Å²) in [5.74, 6) is -3.49. The molecule has 2 N–H and O–H groups in total. The summed E-state index contributed by atoms with van der Waals surface area (Å²) in [6, 6.07) is -1.42. The molecule has 0 aromatic rings. The van der Waals surface area contributed by atoms with Gasteiger partial charge in [-0.25, -0.2) is 4.79 Å². The maximum absolute atomic E-state index is 11.6. The summed E-state index contributed by atoms with van der Waals surface area (Å²) in [6.45, 7) is 1.55. The van der Waals surface area contributed by atoms with E-state index in [-0.39, 0.29) is 6.42 Å². The van der Waals surface area contributed by atoms with E-state index >= 15 is 0 Å². The third-order valence-corrected chi connectivity index (χ3v) is 2.66. The zero-order valence-electron chi connectivity index (χ0n) is 9.60. The Morgan fingerprint density at radius 1 is 1.53 bits per heavy atom. The average molecular weight is 242 g/mol. The second-order valence-electron chi connectivity index (χ2n) is 3.94. The first-order chi connectivity index (χ1) is 7.88. The largest absolute Gasteiger partial charge is 0.480 e. The van der Waals surface area contributed by atoms with Crippen LogP contribution >= 0.6 is 0 Å². The van der Waals surface area contributed by atoms with E-state index in [0.29, 0.717) is 4.90 Å². The van der Waals surface area contributed by atoms with Crippen molar-refractivity contribution in [3.8, 4) is 0 Å². The van der Waals surface area contributed by atoms with Crippen molar-refractivity contribution in [2.45, 2.75) is 25.8 Å². The molecule has 0 spiro atoms. The number of rotatable bonds is 4. The van der Waals surface area contributed by atoms with Crippen LogP contribution < -0.4 is 5.32 Å². The van der Waals surface area contributed by atoms with Crippen molar-refractivity contribution >= 4 is 23.7 Å². The third-order valence-electron chi connectivity index (χ3n) is 2.66. The number of aliphatic carboxylic acids is 1. The van der Waals surface area contributed by atoms with Crippen molar-refractivity contribution in [1.29, 1.82) is 0 Å². The lowest BCUT2D eigenvalue weighted by molar-refractivity contribution is -0.155. The molecular weight excluding hydrogens is 228 g/mol. The highest BCUT2D eigenvalue weighted by atomic mass is 16.4. The SMILES string of the molecule is CNC(=O)CC(C(=O)O)N1C(=O)CC(C)C1=O. The molecule has 1 fully saturated rings. The minimum atomic E-state index is -1.42. The van der Waals surface area contributed by atoms with Gasteiger partial charge in [-0.05, 0) is 0 Å². The van der Waals surface area contributed by atoms with E-state index in [0.717, 1.165) is 0 Å². The smallest absolute Gasteiger partial charge is 0.327 e. The lowest BCUT2D eigenvalue weighted by atomic mass is 10.1. The molecule has 7 nitrogen and oxygen atoms in total. The Morgan fingerprint density at radius 2 is 2.12 bits per heavy atom. The highest BCUT2D eigenvalue weighted by molar-refractivity contribution is 6.06. The second kappa shape index (κ2) is 4.94. The maximum atomic E-state index is 11.6. The summed E-state index contributed by atoms with van der Waals surface area (Å²) in [6.07, 6.45) is -0.424. The van der Waals surface area contributed by atoms with E-state index < -0.39 is 42.1 Å². The number of amides is 3. The van der Waals surface area contributed by atoms with Crippen molar-refractivity contribution in [1.82, 2.24) is 10.2 Å². The molecule has 1 aliphatic rings. The summed E-state index contributed by atoms with van der Waals surface area (Å²) in [4.78, 5) is 46.0. The van der Waals surface area contributed by atoms with Gasteiger partial charge in [0.05, 0.1) is 6.42 Å². The van der Waals surface area contributed by atoms with Gasteiger partial charge in [0, 0.05) is 19.4 Å². The minimum Gasteiger partial charge on any atom is -0.480 e. The Bertz CT molecular complexity index is 379. The number of nitrogens with zero attached hydrogens (tertiary/aromatic N) is 1. The molecular formula is C10H14N2O5. The number of carbonyl (C=O) groups is 4. The molecule has 17 heavy (non-hydrogen) atoms. The van der Waals surface area contributed by atoms with E-state index in [1.54, 1.807) is 6.92 Å². The number of imide groups is 1. The number of carboxylic acid groups (broad SMARTS) is 1. The van der Waals surface area contributed by atoms with Gasteiger partial charge in [-0.1, -0.05) is 6.92 Å². The minimum absolute atomic E-state index is 0.00361. The van der Waals surface area contributed by atoms with Gasteiger partial charge >= 0.3 is 5.97 Å². The Labute approximate surface area is 97.8 Å². The van der Waals surface area contributed by atoms with Gasteiger partial charge in [0.15, 0.2) is 0 Å². The lowest BCUT2D eigenvalue weighted by Crippen LogP contribution is -2.47. The fraction of sp³-hybridized carbons (Fsp3) is 0.600. The number of nitrogens with one attached hydrogen (secondary N) is 1. The van der Waals surface area contributed by atoms with Gasteiger partial charge < -0.3 is 10.4 Å². The molecule has 2 unspecified atom stereocenters. The predicted octanol–water partition coefficient (Wildman–Crippen LogP) is -1.03. The zero-order chi connectivity index (χ0) is 13.2. The highest BCUT2D eigenvalue weighted by Crippen LogP contribution is 2.22. The Hall–Kier alpha value is -1.92. The summed E-state index contributed by atoms with van der Waals surface area (Å²) in [5, 5.41) is 11.2. The van der Waals surface area contributed by atoms with Crippen LogP contribution in [0.1, 0.15) is 19.8 Å². The molecule has 7 heteroatoms. The van der Waals surface area contributed by atoms with Crippen LogP contribution in [0.4, 0.5) is 0 Å². The lowest BCUT2D eigenvalue weighted by Gasteiger charge is -2.22. The molecule has 1 saturated heterocycles. The molecule has 1 aliphatic heterocycles. The van der Waals surface area contributed by atoms with Gasteiger partial charge in [0.1, 0.15) is 6.04 Å². The Balaban J connectivity index is 2.91. The van der Waals surface area contributed by atoms with Crippen LogP contribution in [0.5, 0.6) is 0 Å². The van der Waals surface area contributed by atoms with Crippen LogP contribution in [0.25, 0.3) is 0 Å². The summed E-state index contributed by atoms with van der Waals surface area (Å²) < 4.78 is 0. The van der Waals surface area contributed by atoms with E-state index in [9.17, 15) is 19.2 Å². The van der Waals surface area contributed by atoms with Crippen LogP contribution in [0.2, 0.25) is 0 Å². The van der Waals surface area contributed by atoms with E-state index in [1.165, 1.54) is 7.05 Å².